The molecule has 1 aromatic heterocycles. The number of phenolic OH excluding ortho intramolecular Hbond substituents is 1. The molecule has 582 valence electrons. The number of aliphatic hydroxyl groups is 10. The number of halogens is 2. The number of β-amino-alcohol motifs (C(OH)–C–C–N with tert-alkyl or cyclic N) is 1. The number of piperidine rings is 1. The van der Waals surface area contributed by atoms with Crippen molar-refractivity contribution < 1.29 is 99.2 Å². The first kappa shape index (κ1) is 85.2. The largest absolute Gasteiger partial charge is 0.504 e. The molecule has 0 radical (unpaired) electrons. The Morgan fingerprint density at radius 2 is 1.28 bits per heavy atom. The van der Waals surface area contributed by atoms with E-state index >= 15 is 9.59 Å². The van der Waals surface area contributed by atoms with Gasteiger partial charge in [-0.05, 0) is 106 Å². The van der Waals surface area contributed by atoms with Gasteiger partial charge in [-0.25, -0.2) is 0 Å². The van der Waals surface area contributed by atoms with Gasteiger partial charge in [0.25, 0.3) is 5.91 Å². The molecule has 4 aliphatic heterocycles. The molecule has 35 heteroatoms. The van der Waals surface area contributed by atoms with Crippen molar-refractivity contribution in [2.75, 3.05) is 90.4 Å². The van der Waals surface area contributed by atoms with Crippen molar-refractivity contribution >= 4 is 83.2 Å². The Bertz CT molecular complexity index is 3460. The average Bonchev–Trinajstić information content (AvgIpc) is 1.67. The quantitative estimate of drug-likeness (QED) is 0.0291. The lowest BCUT2D eigenvalue weighted by Crippen LogP contribution is -2.64. The van der Waals surface area contributed by atoms with Gasteiger partial charge in [-0.15, -0.1) is 35.0 Å². The van der Waals surface area contributed by atoms with Crippen LogP contribution >= 0.6 is 36.2 Å². The molecule has 9 rings (SSSR count). The Hall–Kier alpha value is -7.03. The van der Waals surface area contributed by atoms with Gasteiger partial charge in [-0.2, -0.15) is 0 Å². The summed E-state index contributed by atoms with van der Waals surface area (Å²) in [6.45, 7) is 1.61. The Morgan fingerprint density at radius 1 is 0.676 bits per heavy atom. The number of anilines is 1. The van der Waals surface area contributed by atoms with Crippen molar-refractivity contribution in [3.63, 3.8) is 0 Å². The Morgan fingerprint density at radius 3 is 1.90 bits per heavy atom. The molecule has 5 fully saturated rings. The molecule has 3 aromatic carbocycles. The number of aromatic hydroxyl groups is 1. The van der Waals surface area contributed by atoms with Gasteiger partial charge < -0.3 is 118 Å². The molecule has 7 amide bonds. The predicted octanol–water partition coefficient (Wildman–Crippen LogP) is -2.41. The highest BCUT2D eigenvalue weighted by Crippen LogP contribution is 2.34. The van der Waals surface area contributed by atoms with Gasteiger partial charge in [0.2, 0.25) is 35.4 Å². The van der Waals surface area contributed by atoms with E-state index in [1.165, 1.54) is 80.7 Å². The molecular formula is C70H102Cl2N12O20S. The smallest absolute Gasteiger partial charge is 0.251 e. The van der Waals surface area contributed by atoms with Crippen LogP contribution in [0.25, 0.3) is 21.1 Å². The fourth-order valence-electron chi connectivity index (χ4n) is 13.7. The molecule has 4 saturated heterocycles. The minimum atomic E-state index is -2.14. The first-order valence-electron chi connectivity index (χ1n) is 35.4. The number of carbonyl (C=O) groups is 7. The normalized spacial score (nSPS) is 25.2. The molecule has 18 N–H and O–H groups in total. The molecule has 13 atom stereocenters. The van der Waals surface area contributed by atoms with E-state index in [1.807, 2.05) is 12.1 Å². The third-order valence-electron chi connectivity index (χ3n) is 19.8. The number of benzene rings is 3. The Balaban J connectivity index is 0.00000770. The number of fused-ring (bicyclic) bond motifs is 2. The Kier molecular flexibility index (Phi) is 33.1. The summed E-state index contributed by atoms with van der Waals surface area (Å²) in [6.07, 6.45) is -3.93. The maximum Gasteiger partial charge on any atom is 0.251 e. The number of ether oxygens (including phenoxy) is 2. The SMILES string of the molecule is C[C@@H](O)[C@@H]1NC(=O)[C@@H](NC(=O)c2ccc(-c3nnc(-c4ccc(N5CCC(OCC6CCCCC6)CC5)cc4)s3)cc2)C[C@@H](O)CNC(=O)[C@@H]2[C@@H](O)[C@@H](C)CN2C(=O)[C@H]([C@H](O)CCNC(CO)CO)NC(=O)[C@H]([C@H](O)Cc2ccc(O)c(OCCNC(CO)CO)c2)NC(=O)[C@@H]2C[C@@H](O)CN2C1=O.Cl.Cl. The van der Waals surface area contributed by atoms with Crippen LogP contribution in [0.1, 0.15) is 94.0 Å². The first-order chi connectivity index (χ1) is 49.5. The van der Waals surface area contributed by atoms with Crippen LogP contribution in [0.3, 0.4) is 0 Å². The number of aliphatic hydroxyl groups excluding tert-OH is 10. The zero-order valence-corrected chi connectivity index (χ0v) is 61.1. The number of carbonyl (C=O) groups excluding carboxylic acids is 7. The molecular weight excluding hydrogens is 1430 g/mol. The van der Waals surface area contributed by atoms with Crippen molar-refractivity contribution in [1.29, 1.82) is 0 Å². The molecule has 1 saturated carbocycles. The second-order valence-corrected chi connectivity index (χ2v) is 28.5. The minimum absolute atomic E-state index is 0. The van der Waals surface area contributed by atoms with E-state index in [0.717, 1.165) is 60.5 Å². The van der Waals surface area contributed by atoms with E-state index in [9.17, 15) is 80.1 Å². The number of nitrogens with one attached hydrogen (secondary N) is 7. The van der Waals surface area contributed by atoms with Crippen LogP contribution in [0, 0.1) is 11.8 Å². The summed E-state index contributed by atoms with van der Waals surface area (Å²) in [4.78, 5) is 107. The summed E-state index contributed by atoms with van der Waals surface area (Å²) in [5, 5.41) is 147. The summed E-state index contributed by atoms with van der Waals surface area (Å²) < 4.78 is 12.1. The van der Waals surface area contributed by atoms with E-state index < -0.39 is 184 Å². The highest BCUT2D eigenvalue weighted by Gasteiger charge is 2.50. The summed E-state index contributed by atoms with van der Waals surface area (Å²) >= 11 is 1.33. The van der Waals surface area contributed by atoms with Crippen molar-refractivity contribution in [2.45, 2.75) is 176 Å². The fourth-order valence-corrected chi connectivity index (χ4v) is 14.5. The lowest BCUT2D eigenvalue weighted by atomic mass is 9.90. The van der Waals surface area contributed by atoms with Crippen LogP contribution in [0.15, 0.2) is 66.7 Å². The van der Waals surface area contributed by atoms with Crippen LogP contribution in [0.4, 0.5) is 5.69 Å². The summed E-state index contributed by atoms with van der Waals surface area (Å²) in [5.41, 5.74) is 2.77. The third-order valence-corrected chi connectivity index (χ3v) is 20.8. The maximum atomic E-state index is 15.1. The third kappa shape index (κ3) is 22.8. The zero-order valence-electron chi connectivity index (χ0n) is 58.7. The van der Waals surface area contributed by atoms with E-state index in [4.69, 9.17) is 9.47 Å². The molecule has 5 heterocycles. The van der Waals surface area contributed by atoms with E-state index in [1.54, 1.807) is 12.1 Å². The first-order valence-corrected chi connectivity index (χ1v) is 36.2. The van der Waals surface area contributed by atoms with E-state index in [2.05, 4.69) is 64.4 Å². The average molecular weight is 1530 g/mol. The van der Waals surface area contributed by atoms with Crippen LogP contribution < -0.4 is 46.9 Å². The number of hydrogen-bond acceptors (Lipinski definition) is 26. The van der Waals surface area contributed by atoms with Gasteiger partial charge in [0, 0.05) is 93.4 Å². The van der Waals surface area contributed by atoms with Gasteiger partial charge >= 0.3 is 0 Å². The summed E-state index contributed by atoms with van der Waals surface area (Å²) in [6, 6.07) is 5.25. The van der Waals surface area contributed by atoms with Crippen molar-refractivity contribution in [3.05, 3.63) is 77.9 Å². The van der Waals surface area contributed by atoms with Crippen LogP contribution in [0.2, 0.25) is 0 Å². The molecule has 0 unspecified atom stereocenters. The minimum Gasteiger partial charge on any atom is -0.504 e. The lowest BCUT2D eigenvalue weighted by molar-refractivity contribution is -0.147. The highest BCUT2D eigenvalue weighted by atomic mass is 35.5. The molecule has 0 bridgehead atoms. The van der Waals surface area contributed by atoms with Gasteiger partial charge in [-0.3, -0.25) is 33.6 Å². The van der Waals surface area contributed by atoms with Crippen molar-refractivity contribution in [1.82, 2.24) is 57.2 Å². The highest BCUT2D eigenvalue weighted by molar-refractivity contribution is 7.17. The number of hydrogen-bond donors (Lipinski definition) is 18. The molecule has 5 aliphatic rings. The number of rotatable bonds is 26. The second kappa shape index (κ2) is 40.8. The van der Waals surface area contributed by atoms with Crippen molar-refractivity contribution in [2.24, 2.45) is 11.8 Å². The number of nitrogens with zero attached hydrogens (tertiary/aromatic N) is 5. The van der Waals surface area contributed by atoms with E-state index in [0.29, 0.717) is 21.5 Å². The summed E-state index contributed by atoms with van der Waals surface area (Å²) in [7, 11) is 0. The van der Waals surface area contributed by atoms with Crippen LogP contribution in [-0.4, -0.2) is 294 Å². The summed E-state index contributed by atoms with van der Waals surface area (Å²) in [5.74, 6) is -8.52. The second-order valence-electron chi connectivity index (χ2n) is 27.5. The number of aromatic nitrogens is 2. The van der Waals surface area contributed by atoms with Gasteiger partial charge in [-0.1, -0.05) is 55.7 Å². The van der Waals surface area contributed by atoms with Crippen LogP contribution in [-0.2, 0) is 39.9 Å². The van der Waals surface area contributed by atoms with Gasteiger partial charge in [0.1, 0.15) is 52.9 Å². The van der Waals surface area contributed by atoms with Gasteiger partial charge in [0.15, 0.2) is 11.5 Å². The van der Waals surface area contributed by atoms with Crippen LogP contribution in [0.5, 0.6) is 11.5 Å². The number of amides is 7. The zero-order chi connectivity index (χ0) is 74.0. The topological polar surface area (TPSA) is 480 Å². The molecule has 32 nitrogen and oxygen atoms in total. The number of phenols is 1. The van der Waals surface area contributed by atoms with Gasteiger partial charge in [0.05, 0.1) is 81.2 Å². The fraction of sp³-hybridized carbons (Fsp3) is 0.614. The predicted molar refractivity (Wildman–Crippen MR) is 388 cm³/mol. The molecule has 105 heavy (non-hydrogen) atoms. The maximum absolute atomic E-state index is 15.1. The Labute approximate surface area is 624 Å². The standard InChI is InChI=1S/C70H100N12O20S.2ClH/c1-38-31-82-60(61(38)93)66(98)73-30-48(88)28-51(74-62(94)42-9-11-43(12-10-42)67-78-79-68(103-67)44-13-15-47(16-14-44)80-23-19-50(20-24-80)102-37-40-6-4-3-5-7-40)63(95)75-57(39(2)87)69(99)81-32-49(89)29-52(81)64(96)76-58(65(97)77-59(70(82)100)54(91)18-21-71-45(33-83)34-84)55(92)26-41-8-17-53(90)56(27-41)101-25-22-72-46(35-85)36-86;;/h8-17,27,38-40,45-46,48-52,54-55,57-61,71-72,83-93H,3-7,18-26,28-37H2,1-2H3,(H,73,98)(H,74,94)(H,75,95)(H,76,96)(H,77,97);2*1H/t38-,39+,48+,49+,51-,52-,54+,55+,57-,58-,59-,60-,61-;;/m0../s1. The monoisotopic (exact) mass is 1530 g/mol. The molecule has 1 aliphatic carbocycles. The van der Waals surface area contributed by atoms with E-state index in [-0.39, 0.29) is 93.0 Å². The molecule has 0 spiro atoms. The molecule has 4 aromatic rings. The lowest BCUT2D eigenvalue weighted by Gasteiger charge is -2.34. The van der Waals surface area contributed by atoms with Crippen molar-refractivity contribution in [3.8, 4) is 32.6 Å².